The van der Waals surface area contributed by atoms with Gasteiger partial charge in [-0.25, -0.2) is 0 Å². The summed E-state index contributed by atoms with van der Waals surface area (Å²) in [6.45, 7) is 2.24. The molecule has 136 valence electrons. The van der Waals surface area contributed by atoms with Crippen LogP contribution in [0, 0.1) is 5.92 Å². The summed E-state index contributed by atoms with van der Waals surface area (Å²) < 4.78 is 38.5. The first-order valence-electron chi connectivity index (χ1n) is 9.58. The molecule has 0 bridgehead atoms. The Bertz CT molecular complexity index is 694. The highest BCUT2D eigenvalue weighted by Crippen LogP contribution is 2.39. The van der Waals surface area contributed by atoms with Crippen LogP contribution in [0.15, 0.2) is 36.4 Å². The summed E-state index contributed by atoms with van der Waals surface area (Å²) in [4.78, 5) is 0. The molecule has 0 atom stereocenters. The molecule has 0 heterocycles. The van der Waals surface area contributed by atoms with Crippen molar-refractivity contribution in [3.05, 3.63) is 47.5 Å². The van der Waals surface area contributed by atoms with Gasteiger partial charge in [-0.05, 0) is 66.0 Å². The van der Waals surface area contributed by atoms with Crippen molar-refractivity contribution in [2.45, 2.75) is 70.4 Å². The minimum absolute atomic E-state index is 0.564. The van der Waals surface area contributed by atoms with Crippen molar-refractivity contribution >= 4 is 10.8 Å². The third-order valence-corrected chi connectivity index (χ3v) is 5.73. The average Bonchev–Trinajstić information content (AvgIpc) is 2.61. The van der Waals surface area contributed by atoms with E-state index in [2.05, 4.69) is 13.0 Å². The van der Waals surface area contributed by atoms with Crippen molar-refractivity contribution in [3.8, 4) is 0 Å². The van der Waals surface area contributed by atoms with E-state index < -0.39 is 11.7 Å². The molecule has 0 aromatic heterocycles. The molecule has 2 aromatic rings. The van der Waals surface area contributed by atoms with Crippen LogP contribution in [0.25, 0.3) is 10.8 Å². The molecule has 1 saturated carbocycles. The van der Waals surface area contributed by atoms with Gasteiger partial charge in [0.1, 0.15) is 0 Å². The molecule has 0 amide bonds. The van der Waals surface area contributed by atoms with Gasteiger partial charge < -0.3 is 0 Å². The summed E-state index contributed by atoms with van der Waals surface area (Å²) >= 11 is 0. The first kappa shape index (κ1) is 18.3. The second-order valence-electron chi connectivity index (χ2n) is 7.53. The molecule has 0 N–H and O–H groups in total. The van der Waals surface area contributed by atoms with E-state index >= 15 is 0 Å². The molecule has 1 aliphatic carbocycles. The van der Waals surface area contributed by atoms with Crippen molar-refractivity contribution in [3.63, 3.8) is 0 Å². The highest BCUT2D eigenvalue weighted by Gasteiger charge is 2.30. The zero-order chi connectivity index (χ0) is 17.9. The maximum Gasteiger partial charge on any atom is 0.416 e. The fraction of sp³-hybridized carbons (Fsp3) is 0.545. The lowest BCUT2D eigenvalue weighted by atomic mass is 9.77. The van der Waals surface area contributed by atoms with Crippen LogP contribution in [0.2, 0.25) is 0 Å². The van der Waals surface area contributed by atoms with Crippen molar-refractivity contribution in [2.75, 3.05) is 0 Å². The number of unbranched alkanes of at least 4 members (excludes halogenated alkanes) is 2. The van der Waals surface area contributed by atoms with Crippen molar-refractivity contribution in [1.29, 1.82) is 0 Å². The fourth-order valence-electron chi connectivity index (χ4n) is 4.16. The summed E-state index contributed by atoms with van der Waals surface area (Å²) in [7, 11) is 0. The first-order valence-corrected chi connectivity index (χ1v) is 9.58. The maximum absolute atomic E-state index is 12.8. The summed E-state index contributed by atoms with van der Waals surface area (Å²) in [6.07, 6.45) is 6.06. The Morgan fingerprint density at radius 1 is 0.880 bits per heavy atom. The Morgan fingerprint density at radius 3 is 2.24 bits per heavy atom. The Morgan fingerprint density at radius 2 is 1.56 bits per heavy atom. The van der Waals surface area contributed by atoms with Crippen LogP contribution < -0.4 is 0 Å². The number of alkyl halides is 3. The smallest absolute Gasteiger partial charge is 0.166 e. The SMILES string of the molecule is CCCCC[C@H]1CC[C@H](c2ccc3cc(C(F)(F)F)ccc3c2)CC1. The van der Waals surface area contributed by atoms with Crippen LogP contribution in [-0.2, 0) is 6.18 Å². The molecule has 2 aromatic carbocycles. The Hall–Kier alpha value is -1.51. The standard InChI is InChI=1S/C22H27F3/c1-2-3-4-5-16-6-8-17(9-7-16)18-10-11-20-15-21(22(23,24)25)13-12-19(20)14-18/h10-17H,2-9H2,1H3/t16-,17-. The van der Waals surface area contributed by atoms with Crippen LogP contribution in [0.5, 0.6) is 0 Å². The third-order valence-electron chi connectivity index (χ3n) is 5.73. The quantitative estimate of drug-likeness (QED) is 0.485. The van der Waals surface area contributed by atoms with E-state index in [4.69, 9.17) is 0 Å². The minimum Gasteiger partial charge on any atom is -0.166 e. The van der Waals surface area contributed by atoms with Crippen LogP contribution >= 0.6 is 0 Å². The average molecular weight is 348 g/mol. The van der Waals surface area contributed by atoms with Gasteiger partial charge >= 0.3 is 6.18 Å². The predicted octanol–water partition coefficient (Wildman–Crippen LogP) is 7.71. The molecule has 0 nitrogen and oxygen atoms in total. The predicted molar refractivity (Wildman–Crippen MR) is 97.8 cm³/mol. The van der Waals surface area contributed by atoms with Gasteiger partial charge in [0.05, 0.1) is 5.56 Å². The first-order chi connectivity index (χ1) is 12.0. The topological polar surface area (TPSA) is 0 Å². The monoisotopic (exact) mass is 348 g/mol. The Labute approximate surface area is 148 Å². The molecular weight excluding hydrogens is 321 g/mol. The van der Waals surface area contributed by atoms with Gasteiger partial charge in [0.25, 0.3) is 0 Å². The van der Waals surface area contributed by atoms with Crippen LogP contribution in [-0.4, -0.2) is 0 Å². The van der Waals surface area contributed by atoms with E-state index in [-0.39, 0.29) is 0 Å². The van der Waals surface area contributed by atoms with Gasteiger partial charge in [-0.3, -0.25) is 0 Å². The van der Waals surface area contributed by atoms with Crippen LogP contribution in [0.4, 0.5) is 13.2 Å². The largest absolute Gasteiger partial charge is 0.416 e. The maximum atomic E-state index is 12.8. The highest BCUT2D eigenvalue weighted by atomic mass is 19.4. The molecule has 0 saturated heterocycles. The van der Waals surface area contributed by atoms with E-state index in [1.807, 2.05) is 12.1 Å². The molecule has 0 radical (unpaired) electrons. The number of fused-ring (bicyclic) bond motifs is 1. The summed E-state index contributed by atoms with van der Waals surface area (Å²) in [6, 6.07) is 10.0. The lowest BCUT2D eigenvalue weighted by Crippen LogP contribution is -2.13. The zero-order valence-corrected chi connectivity index (χ0v) is 14.9. The van der Waals surface area contributed by atoms with Crippen LogP contribution in [0.1, 0.15) is 75.3 Å². The molecule has 3 rings (SSSR count). The number of benzene rings is 2. The second-order valence-corrected chi connectivity index (χ2v) is 7.53. The molecule has 0 aliphatic heterocycles. The van der Waals surface area contributed by atoms with E-state index in [0.29, 0.717) is 11.3 Å². The number of hydrogen-bond donors (Lipinski definition) is 0. The molecule has 25 heavy (non-hydrogen) atoms. The van der Waals surface area contributed by atoms with E-state index in [9.17, 15) is 13.2 Å². The summed E-state index contributed by atoms with van der Waals surface area (Å²) in [5.74, 6) is 1.44. The van der Waals surface area contributed by atoms with Gasteiger partial charge in [-0.1, -0.05) is 56.9 Å². The van der Waals surface area contributed by atoms with Gasteiger partial charge in [-0.15, -0.1) is 0 Å². The van der Waals surface area contributed by atoms with E-state index in [0.717, 1.165) is 11.3 Å². The van der Waals surface area contributed by atoms with Crippen LogP contribution in [0.3, 0.4) is 0 Å². The number of hydrogen-bond acceptors (Lipinski definition) is 0. The molecule has 1 fully saturated rings. The Balaban J connectivity index is 1.67. The van der Waals surface area contributed by atoms with Gasteiger partial charge in [0, 0.05) is 0 Å². The Kier molecular flexibility index (Phi) is 5.71. The normalized spacial score (nSPS) is 21.6. The summed E-state index contributed by atoms with van der Waals surface area (Å²) in [5, 5.41) is 1.59. The van der Waals surface area contributed by atoms with Gasteiger partial charge in [0.15, 0.2) is 0 Å². The van der Waals surface area contributed by atoms with Crippen molar-refractivity contribution in [2.24, 2.45) is 5.92 Å². The molecule has 1 aliphatic rings. The molecule has 0 unspecified atom stereocenters. The number of rotatable bonds is 5. The third kappa shape index (κ3) is 4.56. The summed E-state index contributed by atoms with van der Waals surface area (Å²) in [5.41, 5.74) is 0.722. The van der Waals surface area contributed by atoms with Gasteiger partial charge in [0.2, 0.25) is 0 Å². The lowest BCUT2D eigenvalue weighted by Gasteiger charge is -2.29. The lowest BCUT2D eigenvalue weighted by molar-refractivity contribution is -0.137. The molecular formula is C22H27F3. The molecule has 0 spiro atoms. The second kappa shape index (κ2) is 7.80. The van der Waals surface area contributed by atoms with Crippen molar-refractivity contribution < 1.29 is 13.2 Å². The van der Waals surface area contributed by atoms with Crippen molar-refractivity contribution in [1.82, 2.24) is 0 Å². The van der Waals surface area contributed by atoms with E-state index in [1.54, 1.807) is 6.07 Å². The highest BCUT2D eigenvalue weighted by molar-refractivity contribution is 5.84. The minimum atomic E-state index is -4.27. The molecule has 3 heteroatoms. The number of halogens is 3. The van der Waals surface area contributed by atoms with E-state index in [1.165, 1.54) is 69.1 Å². The zero-order valence-electron chi connectivity index (χ0n) is 14.9. The van der Waals surface area contributed by atoms with Gasteiger partial charge in [-0.2, -0.15) is 13.2 Å². The fourth-order valence-corrected chi connectivity index (χ4v) is 4.16.